The Labute approximate surface area is 179 Å². The van der Waals surface area contributed by atoms with Crippen molar-refractivity contribution in [1.29, 1.82) is 5.26 Å². The van der Waals surface area contributed by atoms with Crippen LogP contribution in [-0.4, -0.2) is 33.2 Å². The third kappa shape index (κ3) is 4.74. The molecule has 0 saturated heterocycles. The van der Waals surface area contributed by atoms with Crippen molar-refractivity contribution in [2.45, 2.75) is 13.5 Å². The van der Waals surface area contributed by atoms with Gasteiger partial charge in [0.25, 0.3) is 0 Å². The SMILES string of the molecule is CCOC(=O)c1sc(-c2ccc(Cl)cc2Cl)cc1NC(=O)Cn1cnnc1C#N. The molecule has 3 aromatic rings. The molecular weight excluding hydrogens is 437 g/mol. The zero-order valence-corrected chi connectivity index (χ0v) is 17.3. The molecule has 0 unspecified atom stereocenters. The first-order valence-electron chi connectivity index (χ1n) is 8.27. The number of benzene rings is 1. The van der Waals surface area contributed by atoms with Gasteiger partial charge in [-0.2, -0.15) is 5.26 Å². The highest BCUT2D eigenvalue weighted by atomic mass is 35.5. The number of thiophene rings is 1. The van der Waals surface area contributed by atoms with Crippen molar-refractivity contribution in [3.05, 3.63) is 51.3 Å². The van der Waals surface area contributed by atoms with E-state index >= 15 is 0 Å². The second kappa shape index (κ2) is 9.05. The summed E-state index contributed by atoms with van der Waals surface area (Å²) >= 11 is 13.4. The van der Waals surface area contributed by atoms with Crippen molar-refractivity contribution in [2.75, 3.05) is 11.9 Å². The lowest BCUT2D eigenvalue weighted by atomic mass is 10.2. The number of hydrogen-bond acceptors (Lipinski definition) is 7. The van der Waals surface area contributed by atoms with Gasteiger partial charge in [0.2, 0.25) is 11.7 Å². The normalized spacial score (nSPS) is 10.4. The summed E-state index contributed by atoms with van der Waals surface area (Å²) in [4.78, 5) is 25.7. The fourth-order valence-corrected chi connectivity index (χ4v) is 4.07. The van der Waals surface area contributed by atoms with E-state index in [-0.39, 0.29) is 29.5 Å². The minimum Gasteiger partial charge on any atom is -0.462 e. The number of carbonyl (C=O) groups is 2. The molecule has 0 aliphatic heterocycles. The summed E-state index contributed by atoms with van der Waals surface area (Å²) in [7, 11) is 0. The molecule has 2 aromatic heterocycles. The molecule has 0 saturated carbocycles. The lowest BCUT2D eigenvalue weighted by Gasteiger charge is -2.06. The maximum absolute atomic E-state index is 12.5. The molecule has 0 aliphatic carbocycles. The molecule has 29 heavy (non-hydrogen) atoms. The summed E-state index contributed by atoms with van der Waals surface area (Å²) in [6, 6.07) is 8.48. The molecule has 0 atom stereocenters. The van der Waals surface area contributed by atoms with Gasteiger partial charge in [-0.3, -0.25) is 9.36 Å². The number of anilines is 1. The molecule has 0 fully saturated rings. The molecule has 1 aromatic carbocycles. The number of aromatic nitrogens is 3. The minimum atomic E-state index is -0.564. The molecule has 0 spiro atoms. The van der Waals surface area contributed by atoms with Crippen molar-refractivity contribution in [2.24, 2.45) is 0 Å². The zero-order valence-electron chi connectivity index (χ0n) is 15.0. The van der Waals surface area contributed by atoms with E-state index in [1.807, 2.05) is 6.07 Å². The molecule has 8 nitrogen and oxygen atoms in total. The van der Waals surface area contributed by atoms with Crippen molar-refractivity contribution >= 4 is 52.1 Å². The smallest absolute Gasteiger partial charge is 0.350 e. The zero-order chi connectivity index (χ0) is 21.0. The highest BCUT2D eigenvalue weighted by Gasteiger charge is 2.21. The number of esters is 1. The average Bonchev–Trinajstić information content (AvgIpc) is 3.28. The summed E-state index contributed by atoms with van der Waals surface area (Å²) in [5.74, 6) is -1.02. The summed E-state index contributed by atoms with van der Waals surface area (Å²) in [6.07, 6.45) is 1.27. The second-order valence-electron chi connectivity index (χ2n) is 5.64. The van der Waals surface area contributed by atoms with Gasteiger partial charge >= 0.3 is 5.97 Å². The van der Waals surface area contributed by atoms with E-state index in [4.69, 9.17) is 33.2 Å². The Hall–Kier alpha value is -2.93. The van der Waals surface area contributed by atoms with Gasteiger partial charge in [0, 0.05) is 15.5 Å². The van der Waals surface area contributed by atoms with Crippen molar-refractivity contribution in [3.63, 3.8) is 0 Å². The first-order chi connectivity index (χ1) is 13.9. The van der Waals surface area contributed by atoms with E-state index in [2.05, 4.69) is 15.5 Å². The Morgan fingerprint density at radius 2 is 2.14 bits per heavy atom. The standard InChI is InChI=1S/C18H13Cl2N5O3S/c1-2-28-18(27)17-13(23-16(26)8-25-9-22-24-15(25)7-21)6-14(29-17)11-4-3-10(19)5-12(11)20/h3-6,9H,2,8H2,1H3,(H,23,26). The number of nitrogens with zero attached hydrogens (tertiary/aromatic N) is 4. The first kappa shape index (κ1) is 20.8. The molecule has 1 N–H and O–H groups in total. The monoisotopic (exact) mass is 449 g/mol. The lowest BCUT2D eigenvalue weighted by Crippen LogP contribution is -2.20. The van der Waals surface area contributed by atoms with Crippen LogP contribution >= 0.6 is 34.5 Å². The molecule has 1 amide bonds. The molecule has 3 rings (SSSR count). The Bertz CT molecular complexity index is 1120. The molecule has 2 heterocycles. The van der Waals surface area contributed by atoms with Gasteiger partial charge in [-0.1, -0.05) is 29.3 Å². The molecule has 0 aliphatic rings. The number of nitrogens with one attached hydrogen (secondary N) is 1. The van der Waals surface area contributed by atoms with Gasteiger partial charge in [-0.05, 0) is 25.1 Å². The van der Waals surface area contributed by atoms with E-state index in [1.165, 1.54) is 10.9 Å². The maximum Gasteiger partial charge on any atom is 0.350 e. The summed E-state index contributed by atoms with van der Waals surface area (Å²) in [6.45, 7) is 1.69. The number of nitriles is 1. The quantitative estimate of drug-likeness (QED) is 0.569. The third-order valence-corrected chi connectivity index (χ3v) is 5.39. The Kier molecular flexibility index (Phi) is 6.49. The molecule has 0 radical (unpaired) electrons. The number of amides is 1. The Morgan fingerprint density at radius 3 is 2.83 bits per heavy atom. The van der Waals surface area contributed by atoms with Gasteiger partial charge in [0.05, 0.1) is 17.3 Å². The minimum absolute atomic E-state index is 0.00437. The molecule has 0 bridgehead atoms. The van der Waals surface area contributed by atoms with Crippen LogP contribution in [0, 0.1) is 11.3 Å². The van der Waals surface area contributed by atoms with Crippen LogP contribution in [-0.2, 0) is 16.1 Å². The molecule has 11 heteroatoms. The van der Waals surface area contributed by atoms with Gasteiger partial charge in [-0.15, -0.1) is 21.5 Å². The van der Waals surface area contributed by atoms with Crippen LogP contribution < -0.4 is 5.32 Å². The van der Waals surface area contributed by atoms with E-state index in [9.17, 15) is 9.59 Å². The molecular formula is C18H13Cl2N5O3S. The number of ether oxygens (including phenoxy) is 1. The number of rotatable bonds is 6. The third-order valence-electron chi connectivity index (χ3n) is 3.69. The van der Waals surface area contributed by atoms with Crippen LogP contribution in [0.15, 0.2) is 30.6 Å². The van der Waals surface area contributed by atoms with Gasteiger partial charge in [0.15, 0.2) is 0 Å². The van der Waals surface area contributed by atoms with E-state index in [0.29, 0.717) is 20.5 Å². The highest BCUT2D eigenvalue weighted by molar-refractivity contribution is 7.18. The van der Waals surface area contributed by atoms with Crippen molar-refractivity contribution in [1.82, 2.24) is 14.8 Å². The predicted molar refractivity (Wildman–Crippen MR) is 109 cm³/mol. The van der Waals surface area contributed by atoms with E-state index < -0.39 is 11.9 Å². The van der Waals surface area contributed by atoms with Crippen LogP contribution in [0.2, 0.25) is 10.0 Å². The van der Waals surface area contributed by atoms with Crippen LogP contribution in [0.1, 0.15) is 22.4 Å². The fourth-order valence-electron chi connectivity index (χ4n) is 2.46. The van der Waals surface area contributed by atoms with Gasteiger partial charge in [-0.25, -0.2) is 4.79 Å². The largest absolute Gasteiger partial charge is 0.462 e. The van der Waals surface area contributed by atoms with Gasteiger partial charge in [0.1, 0.15) is 23.8 Å². The second-order valence-corrected chi connectivity index (χ2v) is 7.54. The average molecular weight is 450 g/mol. The highest BCUT2D eigenvalue weighted by Crippen LogP contribution is 2.39. The van der Waals surface area contributed by atoms with Crippen molar-refractivity contribution in [3.8, 4) is 16.5 Å². The Balaban J connectivity index is 1.91. The summed E-state index contributed by atoms with van der Waals surface area (Å²) in [5, 5.41) is 19.7. The summed E-state index contributed by atoms with van der Waals surface area (Å²) in [5.41, 5.74) is 0.948. The van der Waals surface area contributed by atoms with Crippen LogP contribution in [0.5, 0.6) is 0 Å². The van der Waals surface area contributed by atoms with E-state index in [0.717, 1.165) is 11.3 Å². The van der Waals surface area contributed by atoms with E-state index in [1.54, 1.807) is 31.2 Å². The fraction of sp³-hybridized carbons (Fsp3) is 0.167. The topological polar surface area (TPSA) is 110 Å². The number of halogens is 2. The van der Waals surface area contributed by atoms with Crippen LogP contribution in [0.4, 0.5) is 5.69 Å². The summed E-state index contributed by atoms with van der Waals surface area (Å²) < 4.78 is 6.38. The van der Waals surface area contributed by atoms with Gasteiger partial charge < -0.3 is 10.1 Å². The lowest BCUT2D eigenvalue weighted by molar-refractivity contribution is -0.116. The number of hydrogen-bond donors (Lipinski definition) is 1. The van der Waals surface area contributed by atoms with Crippen LogP contribution in [0.25, 0.3) is 10.4 Å². The first-order valence-corrected chi connectivity index (χ1v) is 9.84. The number of carbonyl (C=O) groups excluding carboxylic acids is 2. The molecule has 148 valence electrons. The maximum atomic E-state index is 12.5. The predicted octanol–water partition coefficient (Wildman–Crippen LogP) is 4.00. The van der Waals surface area contributed by atoms with Crippen LogP contribution in [0.3, 0.4) is 0 Å². The van der Waals surface area contributed by atoms with Crippen molar-refractivity contribution < 1.29 is 14.3 Å². The Morgan fingerprint density at radius 1 is 1.34 bits per heavy atom.